The molecule has 1 aromatic rings. The first-order valence-corrected chi connectivity index (χ1v) is 6.53. The normalized spacial score (nSPS) is 10.2. The molecule has 1 N–H and O–H groups in total. The average molecular weight is 281 g/mol. The van der Waals surface area contributed by atoms with Gasteiger partial charge in [0.2, 0.25) is 0 Å². The van der Waals surface area contributed by atoms with Gasteiger partial charge in [-0.25, -0.2) is 0 Å². The first-order valence-electron chi connectivity index (χ1n) is 3.71. The van der Waals surface area contributed by atoms with Crippen molar-refractivity contribution in [3.8, 4) is 0 Å². The van der Waals surface area contributed by atoms with Gasteiger partial charge in [-0.2, -0.15) is 11.8 Å². The van der Waals surface area contributed by atoms with Gasteiger partial charge in [-0.1, -0.05) is 0 Å². The van der Waals surface area contributed by atoms with Crippen molar-refractivity contribution < 1.29 is 9.90 Å². The van der Waals surface area contributed by atoms with Crippen LogP contribution in [0.1, 0.15) is 11.3 Å². The molecule has 13 heavy (non-hydrogen) atoms. The third-order valence-corrected chi connectivity index (χ3v) is 4.21. The Bertz CT molecular complexity index is 285. The van der Waals surface area contributed by atoms with Crippen molar-refractivity contribution in [2.75, 3.05) is 5.75 Å². The number of carboxylic acids is 1. The molecule has 0 saturated heterocycles. The summed E-state index contributed by atoms with van der Waals surface area (Å²) in [6.45, 7) is 0. The standard InChI is InChI=1S/C8H9BrO2S2/c9-6-3-7(13-4-6)5-12-2-1-8(10)11/h3-4H,1-2,5H2,(H,10,11). The third kappa shape index (κ3) is 4.69. The Morgan fingerprint density at radius 3 is 3.00 bits per heavy atom. The molecule has 1 aromatic heterocycles. The fourth-order valence-electron chi connectivity index (χ4n) is 0.762. The van der Waals surface area contributed by atoms with Crippen LogP contribution < -0.4 is 0 Å². The van der Waals surface area contributed by atoms with Crippen molar-refractivity contribution in [1.29, 1.82) is 0 Å². The van der Waals surface area contributed by atoms with Gasteiger partial charge in [0, 0.05) is 26.2 Å². The number of rotatable bonds is 5. The SMILES string of the molecule is O=C(O)CCSCc1cc(Br)cs1. The molecule has 0 saturated carbocycles. The second kappa shape index (κ2) is 5.67. The number of hydrogen-bond donors (Lipinski definition) is 1. The van der Waals surface area contributed by atoms with Crippen molar-refractivity contribution in [1.82, 2.24) is 0 Å². The van der Waals surface area contributed by atoms with Gasteiger partial charge in [0.25, 0.3) is 0 Å². The predicted octanol–water partition coefficient (Wildman–Crippen LogP) is 3.22. The van der Waals surface area contributed by atoms with E-state index in [0.29, 0.717) is 5.75 Å². The minimum Gasteiger partial charge on any atom is -0.481 e. The summed E-state index contributed by atoms with van der Waals surface area (Å²) in [5.74, 6) is 0.869. The number of thiophene rings is 1. The van der Waals surface area contributed by atoms with Crippen LogP contribution in [0.25, 0.3) is 0 Å². The molecule has 1 heterocycles. The molecule has 0 bridgehead atoms. The molecule has 72 valence electrons. The number of carbonyl (C=O) groups is 1. The maximum atomic E-state index is 10.2. The summed E-state index contributed by atoms with van der Waals surface area (Å²) in [6.07, 6.45) is 0.247. The lowest BCUT2D eigenvalue weighted by Crippen LogP contribution is -1.95. The maximum Gasteiger partial charge on any atom is 0.304 e. The second-order valence-corrected chi connectivity index (χ2v) is 5.44. The molecular weight excluding hydrogens is 272 g/mol. The van der Waals surface area contributed by atoms with E-state index in [1.165, 1.54) is 4.88 Å². The Hall–Kier alpha value is -0.0000000000000000833. The highest BCUT2D eigenvalue weighted by atomic mass is 79.9. The third-order valence-electron chi connectivity index (χ3n) is 1.33. The lowest BCUT2D eigenvalue weighted by atomic mass is 10.5. The molecule has 2 nitrogen and oxygen atoms in total. The summed E-state index contributed by atoms with van der Waals surface area (Å²) in [5.41, 5.74) is 0. The van der Waals surface area contributed by atoms with Gasteiger partial charge in [-0.3, -0.25) is 4.79 Å². The Morgan fingerprint density at radius 2 is 2.46 bits per heavy atom. The summed E-state index contributed by atoms with van der Waals surface area (Å²) >= 11 is 6.72. The number of halogens is 1. The molecule has 0 aliphatic carbocycles. The van der Waals surface area contributed by atoms with Gasteiger partial charge < -0.3 is 5.11 Å². The van der Waals surface area contributed by atoms with E-state index in [9.17, 15) is 4.79 Å². The number of carboxylic acid groups (broad SMARTS) is 1. The monoisotopic (exact) mass is 280 g/mol. The molecule has 1 rings (SSSR count). The van der Waals surface area contributed by atoms with Gasteiger partial charge >= 0.3 is 5.97 Å². The Morgan fingerprint density at radius 1 is 1.69 bits per heavy atom. The van der Waals surface area contributed by atoms with E-state index < -0.39 is 5.97 Å². The van der Waals surface area contributed by atoms with E-state index in [-0.39, 0.29) is 6.42 Å². The zero-order chi connectivity index (χ0) is 9.68. The van der Waals surface area contributed by atoms with E-state index in [2.05, 4.69) is 22.0 Å². The number of hydrogen-bond acceptors (Lipinski definition) is 3. The summed E-state index contributed by atoms with van der Waals surface area (Å²) in [6, 6.07) is 2.07. The van der Waals surface area contributed by atoms with E-state index in [4.69, 9.17) is 5.11 Å². The van der Waals surface area contributed by atoms with Crippen molar-refractivity contribution in [2.24, 2.45) is 0 Å². The fourth-order valence-corrected chi connectivity index (χ4v) is 3.27. The molecule has 0 radical (unpaired) electrons. The maximum absolute atomic E-state index is 10.2. The molecule has 0 atom stereocenters. The fraction of sp³-hybridized carbons (Fsp3) is 0.375. The highest BCUT2D eigenvalue weighted by Crippen LogP contribution is 2.23. The molecule has 0 unspecified atom stereocenters. The van der Waals surface area contributed by atoms with Crippen LogP contribution in [-0.4, -0.2) is 16.8 Å². The van der Waals surface area contributed by atoms with Crippen LogP contribution in [0.4, 0.5) is 0 Å². The quantitative estimate of drug-likeness (QED) is 0.842. The minimum absolute atomic E-state index is 0.247. The zero-order valence-corrected chi connectivity index (χ0v) is 10.0. The number of thioether (sulfide) groups is 1. The Kier molecular flexibility index (Phi) is 4.83. The van der Waals surface area contributed by atoms with E-state index in [1.807, 2.05) is 5.38 Å². The molecule has 0 aliphatic rings. The molecule has 0 aromatic carbocycles. The van der Waals surface area contributed by atoms with Crippen molar-refractivity contribution in [2.45, 2.75) is 12.2 Å². The van der Waals surface area contributed by atoms with Crippen LogP contribution in [0, 0.1) is 0 Å². The van der Waals surface area contributed by atoms with Crippen LogP contribution in [0.5, 0.6) is 0 Å². The lowest BCUT2D eigenvalue weighted by Gasteiger charge is -1.95. The van der Waals surface area contributed by atoms with Crippen LogP contribution >= 0.6 is 39.0 Å². The summed E-state index contributed by atoms with van der Waals surface area (Å²) in [7, 11) is 0. The average Bonchev–Trinajstić information content (AvgIpc) is 2.45. The molecule has 0 spiro atoms. The van der Waals surface area contributed by atoms with Gasteiger partial charge in [-0.15, -0.1) is 11.3 Å². The minimum atomic E-state index is -0.722. The Balaban J connectivity index is 2.16. The van der Waals surface area contributed by atoms with Gasteiger partial charge in [0.05, 0.1) is 6.42 Å². The molecular formula is C8H9BrO2S2. The summed E-state index contributed by atoms with van der Waals surface area (Å²) in [4.78, 5) is 11.5. The molecule has 0 amide bonds. The van der Waals surface area contributed by atoms with Gasteiger partial charge in [-0.05, 0) is 22.0 Å². The summed E-state index contributed by atoms with van der Waals surface area (Å²) in [5, 5.41) is 10.4. The van der Waals surface area contributed by atoms with Crippen LogP contribution in [0.3, 0.4) is 0 Å². The number of aliphatic carboxylic acids is 1. The molecule has 0 fully saturated rings. The zero-order valence-electron chi connectivity index (χ0n) is 6.83. The van der Waals surface area contributed by atoms with E-state index >= 15 is 0 Å². The highest BCUT2D eigenvalue weighted by molar-refractivity contribution is 9.10. The van der Waals surface area contributed by atoms with Crippen molar-refractivity contribution >= 4 is 45.0 Å². The van der Waals surface area contributed by atoms with Crippen molar-refractivity contribution in [3.05, 3.63) is 20.8 Å². The van der Waals surface area contributed by atoms with E-state index in [0.717, 1.165) is 10.2 Å². The second-order valence-electron chi connectivity index (χ2n) is 2.43. The van der Waals surface area contributed by atoms with Gasteiger partial charge in [0.15, 0.2) is 0 Å². The molecule has 0 aliphatic heterocycles. The smallest absolute Gasteiger partial charge is 0.304 e. The Labute approximate surface area is 93.5 Å². The predicted molar refractivity (Wildman–Crippen MR) is 60.4 cm³/mol. The van der Waals surface area contributed by atoms with Crippen LogP contribution in [0.2, 0.25) is 0 Å². The van der Waals surface area contributed by atoms with Crippen molar-refractivity contribution in [3.63, 3.8) is 0 Å². The van der Waals surface area contributed by atoms with Crippen LogP contribution in [-0.2, 0) is 10.5 Å². The first-order chi connectivity index (χ1) is 6.18. The highest BCUT2D eigenvalue weighted by Gasteiger charge is 1.99. The summed E-state index contributed by atoms with van der Waals surface area (Å²) < 4.78 is 1.10. The topological polar surface area (TPSA) is 37.3 Å². The molecule has 5 heteroatoms. The lowest BCUT2D eigenvalue weighted by molar-refractivity contribution is -0.136. The van der Waals surface area contributed by atoms with Gasteiger partial charge in [0.1, 0.15) is 0 Å². The van der Waals surface area contributed by atoms with E-state index in [1.54, 1.807) is 23.1 Å². The van der Waals surface area contributed by atoms with Crippen LogP contribution in [0.15, 0.2) is 15.9 Å². The first kappa shape index (κ1) is 11.1. The largest absolute Gasteiger partial charge is 0.481 e.